The summed E-state index contributed by atoms with van der Waals surface area (Å²) in [5.74, 6) is 1.52. The van der Waals surface area contributed by atoms with Crippen LogP contribution >= 0.6 is 0 Å². The van der Waals surface area contributed by atoms with E-state index < -0.39 is 0 Å². The number of amides is 1. The van der Waals surface area contributed by atoms with E-state index in [1.807, 2.05) is 19.1 Å². The third-order valence-electron chi connectivity index (χ3n) is 5.15. The highest BCUT2D eigenvalue weighted by Gasteiger charge is 2.43. The molecule has 0 spiro atoms. The Balaban J connectivity index is 1.58. The fourth-order valence-electron chi connectivity index (χ4n) is 3.81. The molecule has 2 aliphatic rings. The van der Waals surface area contributed by atoms with Gasteiger partial charge in [0.1, 0.15) is 17.3 Å². The number of aromatic amines is 1. The van der Waals surface area contributed by atoms with Crippen LogP contribution in [0.1, 0.15) is 47.2 Å². The minimum Gasteiger partial charge on any atom is -0.497 e. The lowest BCUT2D eigenvalue weighted by Crippen LogP contribution is -2.40. The minimum absolute atomic E-state index is 0.0869. The SMILES string of the molecule is COc1cccc([C@@H]2[C@@H](NC(=O)c3cnc(C)[nH]3)CCN2C2CC2)c1. The summed E-state index contributed by atoms with van der Waals surface area (Å²) >= 11 is 0. The Labute approximate surface area is 147 Å². The quantitative estimate of drug-likeness (QED) is 0.877. The average molecular weight is 340 g/mol. The zero-order chi connectivity index (χ0) is 17.4. The van der Waals surface area contributed by atoms with E-state index in [2.05, 4.69) is 32.3 Å². The molecule has 132 valence electrons. The molecule has 2 atom stereocenters. The predicted octanol–water partition coefficient (Wildman–Crippen LogP) is 2.43. The Bertz CT molecular complexity index is 768. The van der Waals surface area contributed by atoms with Crippen molar-refractivity contribution in [3.05, 3.63) is 47.5 Å². The minimum atomic E-state index is -0.0869. The molecule has 1 amide bonds. The van der Waals surface area contributed by atoms with Crippen molar-refractivity contribution in [2.75, 3.05) is 13.7 Å². The van der Waals surface area contributed by atoms with Crippen molar-refractivity contribution in [1.29, 1.82) is 0 Å². The Morgan fingerprint density at radius 2 is 2.20 bits per heavy atom. The summed E-state index contributed by atoms with van der Waals surface area (Å²) in [4.78, 5) is 22.3. The molecule has 2 heterocycles. The second-order valence-electron chi connectivity index (χ2n) is 6.94. The first-order valence-corrected chi connectivity index (χ1v) is 8.88. The van der Waals surface area contributed by atoms with E-state index in [-0.39, 0.29) is 18.0 Å². The van der Waals surface area contributed by atoms with Crippen LogP contribution in [0.2, 0.25) is 0 Å². The summed E-state index contributed by atoms with van der Waals surface area (Å²) in [5, 5.41) is 3.21. The number of aromatic nitrogens is 2. The number of aryl methyl sites for hydroxylation is 1. The number of benzene rings is 1. The maximum absolute atomic E-state index is 12.6. The van der Waals surface area contributed by atoms with E-state index in [1.165, 1.54) is 18.4 Å². The van der Waals surface area contributed by atoms with Gasteiger partial charge in [-0.15, -0.1) is 0 Å². The summed E-state index contributed by atoms with van der Waals surface area (Å²) in [7, 11) is 1.69. The molecule has 1 saturated heterocycles. The van der Waals surface area contributed by atoms with Crippen LogP contribution in [-0.2, 0) is 0 Å². The van der Waals surface area contributed by atoms with Crippen LogP contribution in [-0.4, -0.2) is 46.5 Å². The zero-order valence-corrected chi connectivity index (χ0v) is 14.7. The second-order valence-corrected chi connectivity index (χ2v) is 6.94. The van der Waals surface area contributed by atoms with E-state index in [9.17, 15) is 4.79 Å². The normalized spacial score (nSPS) is 23.6. The first-order valence-electron chi connectivity index (χ1n) is 8.88. The van der Waals surface area contributed by atoms with Crippen LogP contribution < -0.4 is 10.1 Å². The van der Waals surface area contributed by atoms with Crippen molar-refractivity contribution in [2.45, 2.75) is 44.3 Å². The third-order valence-corrected chi connectivity index (χ3v) is 5.15. The number of imidazole rings is 1. The Hall–Kier alpha value is -2.34. The smallest absolute Gasteiger partial charge is 0.269 e. The molecule has 1 saturated carbocycles. The van der Waals surface area contributed by atoms with E-state index in [4.69, 9.17) is 4.74 Å². The van der Waals surface area contributed by atoms with E-state index in [0.29, 0.717) is 11.7 Å². The molecule has 1 aromatic carbocycles. The Morgan fingerprint density at radius 1 is 1.36 bits per heavy atom. The lowest BCUT2D eigenvalue weighted by molar-refractivity contribution is 0.0919. The summed E-state index contributed by atoms with van der Waals surface area (Å²) in [6.07, 6.45) is 5.05. The molecular formula is C19H24N4O2. The summed E-state index contributed by atoms with van der Waals surface area (Å²) in [6, 6.07) is 9.13. The molecule has 0 bridgehead atoms. The molecule has 6 heteroatoms. The van der Waals surface area contributed by atoms with Crippen LogP contribution in [0.3, 0.4) is 0 Å². The number of likely N-dealkylation sites (tertiary alicyclic amines) is 1. The monoisotopic (exact) mass is 340 g/mol. The van der Waals surface area contributed by atoms with Gasteiger partial charge in [0.25, 0.3) is 5.91 Å². The molecule has 1 aliphatic carbocycles. The summed E-state index contributed by atoms with van der Waals surface area (Å²) < 4.78 is 5.40. The predicted molar refractivity (Wildman–Crippen MR) is 94.7 cm³/mol. The molecular weight excluding hydrogens is 316 g/mol. The van der Waals surface area contributed by atoms with E-state index >= 15 is 0 Å². The van der Waals surface area contributed by atoms with Crippen LogP contribution in [0, 0.1) is 6.92 Å². The molecule has 2 N–H and O–H groups in total. The first-order chi connectivity index (χ1) is 12.2. The van der Waals surface area contributed by atoms with Crippen LogP contribution in [0.15, 0.2) is 30.5 Å². The zero-order valence-electron chi connectivity index (χ0n) is 14.7. The molecule has 4 rings (SSSR count). The van der Waals surface area contributed by atoms with E-state index in [1.54, 1.807) is 13.3 Å². The fourth-order valence-corrected chi connectivity index (χ4v) is 3.81. The summed E-state index contributed by atoms with van der Waals surface area (Å²) in [5.41, 5.74) is 1.72. The Morgan fingerprint density at radius 3 is 2.88 bits per heavy atom. The summed E-state index contributed by atoms with van der Waals surface area (Å²) in [6.45, 7) is 2.86. The standard InChI is InChI=1S/C19H24N4O2/c1-12-20-11-17(21-12)19(24)22-16-8-9-23(14-6-7-14)18(16)13-4-3-5-15(10-13)25-2/h3-5,10-11,14,16,18H,6-9H2,1-2H3,(H,20,21)(H,22,24)/t16-,18+/m0/s1. The Kier molecular flexibility index (Phi) is 4.21. The molecule has 2 aromatic rings. The molecule has 25 heavy (non-hydrogen) atoms. The van der Waals surface area contributed by atoms with Gasteiger partial charge in [-0.1, -0.05) is 12.1 Å². The number of rotatable bonds is 5. The molecule has 0 radical (unpaired) electrons. The lowest BCUT2D eigenvalue weighted by atomic mass is 9.99. The van der Waals surface area contributed by atoms with Gasteiger partial charge < -0.3 is 15.0 Å². The van der Waals surface area contributed by atoms with Crippen molar-refractivity contribution in [1.82, 2.24) is 20.2 Å². The van der Waals surface area contributed by atoms with Gasteiger partial charge in [-0.2, -0.15) is 0 Å². The molecule has 1 aliphatic heterocycles. The molecule has 2 fully saturated rings. The number of methoxy groups -OCH3 is 1. The van der Waals surface area contributed by atoms with Gasteiger partial charge in [0.05, 0.1) is 25.4 Å². The van der Waals surface area contributed by atoms with Gasteiger partial charge in [0.15, 0.2) is 0 Å². The van der Waals surface area contributed by atoms with Crippen molar-refractivity contribution < 1.29 is 9.53 Å². The van der Waals surface area contributed by atoms with Crippen molar-refractivity contribution >= 4 is 5.91 Å². The highest BCUT2D eigenvalue weighted by atomic mass is 16.5. The van der Waals surface area contributed by atoms with Gasteiger partial charge in [-0.3, -0.25) is 9.69 Å². The third kappa shape index (κ3) is 3.26. The van der Waals surface area contributed by atoms with Crippen LogP contribution in [0.5, 0.6) is 5.75 Å². The molecule has 6 nitrogen and oxygen atoms in total. The highest BCUT2D eigenvalue weighted by molar-refractivity contribution is 5.92. The second kappa shape index (κ2) is 6.52. The van der Waals surface area contributed by atoms with Crippen molar-refractivity contribution in [3.8, 4) is 5.75 Å². The fraction of sp³-hybridized carbons (Fsp3) is 0.474. The first kappa shape index (κ1) is 16.1. The maximum Gasteiger partial charge on any atom is 0.269 e. The number of ether oxygens (including phenoxy) is 1. The van der Waals surface area contributed by atoms with Gasteiger partial charge >= 0.3 is 0 Å². The number of carbonyl (C=O) groups excluding carboxylic acids is 1. The van der Waals surface area contributed by atoms with Gasteiger partial charge in [0, 0.05) is 12.6 Å². The number of hydrogen-bond donors (Lipinski definition) is 2. The largest absolute Gasteiger partial charge is 0.497 e. The van der Waals surface area contributed by atoms with Crippen LogP contribution in [0.25, 0.3) is 0 Å². The number of hydrogen-bond acceptors (Lipinski definition) is 4. The van der Waals surface area contributed by atoms with Gasteiger partial charge in [-0.25, -0.2) is 4.98 Å². The topological polar surface area (TPSA) is 70.2 Å². The maximum atomic E-state index is 12.6. The number of nitrogens with one attached hydrogen (secondary N) is 2. The van der Waals surface area contributed by atoms with E-state index in [0.717, 1.165) is 24.5 Å². The van der Waals surface area contributed by atoms with Gasteiger partial charge in [-0.05, 0) is 43.9 Å². The van der Waals surface area contributed by atoms with Gasteiger partial charge in [0.2, 0.25) is 0 Å². The van der Waals surface area contributed by atoms with Crippen molar-refractivity contribution in [3.63, 3.8) is 0 Å². The number of carbonyl (C=O) groups is 1. The molecule has 1 aromatic heterocycles. The molecule has 0 unspecified atom stereocenters. The number of nitrogens with zero attached hydrogens (tertiary/aromatic N) is 2. The average Bonchev–Trinajstić information content (AvgIpc) is 3.24. The number of H-pyrrole nitrogens is 1. The van der Waals surface area contributed by atoms with Crippen LogP contribution in [0.4, 0.5) is 0 Å². The highest BCUT2D eigenvalue weighted by Crippen LogP contribution is 2.41. The lowest BCUT2D eigenvalue weighted by Gasteiger charge is -2.29. The van der Waals surface area contributed by atoms with Crippen molar-refractivity contribution in [2.24, 2.45) is 0 Å².